The number of ether oxygens (including phenoxy) is 6. The summed E-state index contributed by atoms with van der Waals surface area (Å²) < 4.78 is 31.4. The van der Waals surface area contributed by atoms with Crippen molar-refractivity contribution in [2.24, 2.45) is 22.7 Å². The molecule has 734 valence electrons. The molecule has 0 atom stereocenters. The topological polar surface area (TPSA) is 336 Å². The van der Waals surface area contributed by atoms with Gasteiger partial charge in [0.05, 0.1) is 74.5 Å². The third kappa shape index (κ3) is 46.9. The molecule has 6 saturated heterocycles. The second-order valence-corrected chi connectivity index (χ2v) is 46.7. The second-order valence-electron chi connectivity index (χ2n) is 35.4. The molecule has 1 saturated carbocycles. The Kier molecular flexibility index (Phi) is 57.3. The Hall–Kier alpha value is -7.57. The van der Waals surface area contributed by atoms with Gasteiger partial charge in [-0.25, -0.2) is 0 Å². The van der Waals surface area contributed by atoms with E-state index in [9.17, 15) is 35.1 Å². The average Bonchev–Trinajstić information content (AvgIpc) is 1.48. The number of methoxy groups -OCH3 is 6. The van der Waals surface area contributed by atoms with Gasteiger partial charge in [0.1, 0.15) is 17.2 Å². The van der Waals surface area contributed by atoms with Crippen molar-refractivity contribution in [1.29, 1.82) is 0 Å². The minimum atomic E-state index is -0.519. The molecule has 1 amide bonds. The van der Waals surface area contributed by atoms with Crippen LogP contribution in [0.3, 0.4) is 0 Å². The fourth-order valence-corrected chi connectivity index (χ4v) is 14.7. The molecule has 7 aliphatic rings. The lowest BCUT2D eigenvalue weighted by Gasteiger charge is -2.38. The summed E-state index contributed by atoms with van der Waals surface area (Å²) in [6.45, 7) is 52.9. The molecule has 0 radical (unpaired) electrons. The van der Waals surface area contributed by atoms with E-state index in [2.05, 4.69) is 239 Å². The fraction of sp³-hybridized carbons (Fsp3) is 0.611. The minimum absolute atomic E-state index is 0. The molecule has 0 unspecified atom stereocenters. The summed E-state index contributed by atoms with van der Waals surface area (Å²) in [4.78, 5) is 64.5. The summed E-state index contributed by atoms with van der Waals surface area (Å²) in [5, 5.41) is 38.9. The van der Waals surface area contributed by atoms with Crippen LogP contribution in [-0.4, -0.2) is 272 Å². The van der Waals surface area contributed by atoms with Crippen molar-refractivity contribution in [3.63, 3.8) is 0 Å². The Morgan fingerprint density at radius 2 is 0.708 bits per heavy atom. The number of amides is 1. The maximum atomic E-state index is 11.3. The van der Waals surface area contributed by atoms with Crippen molar-refractivity contribution in [3.8, 4) is 34.5 Å². The summed E-state index contributed by atoms with van der Waals surface area (Å²) in [5.74, 6) is 5.10. The summed E-state index contributed by atoms with van der Waals surface area (Å²) in [6.07, 6.45) is 7.01. The lowest BCUT2D eigenvalue weighted by atomic mass is 9.86. The third-order valence-corrected chi connectivity index (χ3v) is 21.6. The Labute approximate surface area is 824 Å². The van der Waals surface area contributed by atoms with Gasteiger partial charge in [-0.05, 0) is 125 Å². The molecule has 0 bridgehead atoms. The number of halogens is 4. The first-order valence-corrected chi connectivity index (χ1v) is 48.6. The van der Waals surface area contributed by atoms with Gasteiger partial charge in [-0.2, -0.15) is 0 Å². The predicted molar refractivity (Wildman–Crippen MR) is 569 cm³/mol. The number of benzene rings is 6. The number of piperazine rings is 6. The van der Waals surface area contributed by atoms with Gasteiger partial charge in [-0.3, -0.25) is 40.0 Å². The van der Waals surface area contributed by atoms with Gasteiger partial charge in [-0.1, -0.05) is 175 Å². The van der Waals surface area contributed by atoms with E-state index >= 15 is 0 Å². The van der Waals surface area contributed by atoms with Gasteiger partial charge < -0.3 is 100 Å². The number of nitro groups is 3. The first kappa shape index (κ1) is 118. The largest absolute Gasteiger partial charge is 0.495 e. The highest BCUT2D eigenvalue weighted by Gasteiger charge is 2.28. The highest BCUT2D eigenvalue weighted by Crippen LogP contribution is 2.40. The number of anilines is 8. The second kappa shape index (κ2) is 62.8. The van der Waals surface area contributed by atoms with Gasteiger partial charge >= 0.3 is 17.1 Å². The number of nitro benzene ring substituents is 3. The molecule has 6 heterocycles. The molecule has 1 aliphatic carbocycles. The monoisotopic (exact) mass is 2170 g/mol. The van der Waals surface area contributed by atoms with Gasteiger partial charge in [-0.15, -0.1) is 0 Å². The Bertz CT molecular complexity index is 4190. The van der Waals surface area contributed by atoms with Crippen LogP contribution in [0.4, 0.5) is 62.6 Å². The maximum absolute atomic E-state index is 11.3. The molecule has 7 fully saturated rings. The zero-order valence-corrected chi connectivity index (χ0v) is 88.3. The van der Waals surface area contributed by atoms with Crippen molar-refractivity contribution in [2.75, 3.05) is 263 Å². The number of carbonyl (C=O) groups is 1. The summed E-state index contributed by atoms with van der Waals surface area (Å²) in [5.41, 5.74) is 25.9. The number of nitrogens with one attached hydrogen (secondary N) is 2. The number of alkyl halides is 3. The molecule has 0 spiro atoms. The zero-order chi connectivity index (χ0) is 96.7. The number of hydrogen-bond acceptors (Lipinski definition) is 27. The Morgan fingerprint density at radius 1 is 0.438 bits per heavy atom. The van der Waals surface area contributed by atoms with Crippen LogP contribution >= 0.6 is 79.4 Å². The van der Waals surface area contributed by atoms with Gasteiger partial charge in [0, 0.05) is 258 Å². The molecule has 6 aromatic carbocycles. The van der Waals surface area contributed by atoms with E-state index in [4.69, 9.17) is 57.2 Å². The van der Waals surface area contributed by atoms with Crippen LogP contribution in [0.5, 0.6) is 34.5 Å². The predicted octanol–water partition coefficient (Wildman–Crippen LogP) is 18.5. The van der Waals surface area contributed by atoms with Crippen LogP contribution in [0.2, 0.25) is 5.02 Å². The van der Waals surface area contributed by atoms with Crippen molar-refractivity contribution in [3.05, 3.63) is 145 Å². The quantitative estimate of drug-likeness (QED) is 0.0186. The fourth-order valence-electron chi connectivity index (χ4n) is 14.5. The van der Waals surface area contributed by atoms with E-state index < -0.39 is 14.8 Å². The molecule has 8 N–H and O–H groups in total. The minimum Gasteiger partial charge on any atom is -0.495 e. The molecule has 0 aromatic heterocycles. The highest BCUT2D eigenvalue weighted by molar-refractivity contribution is 14.3. The van der Waals surface area contributed by atoms with E-state index in [1.54, 1.807) is 52.5 Å². The van der Waals surface area contributed by atoms with Crippen LogP contribution < -0.4 is 80.8 Å². The number of nitrogens with two attached hydrogens (primary N) is 3. The number of carbonyl (C=O) groups excluding carboxylic acids is 1. The van der Waals surface area contributed by atoms with Crippen LogP contribution in [0.25, 0.3) is 0 Å². The van der Waals surface area contributed by atoms with Crippen LogP contribution in [0, 0.1) is 53.0 Å². The van der Waals surface area contributed by atoms with E-state index in [0.717, 1.165) is 184 Å². The molecule has 13 rings (SSSR count). The molecule has 130 heavy (non-hydrogen) atoms. The SMILES string of the molecule is C.CC(C)(C)CC1CC1.CC(C)CC(C)(C)C.CCC.CN1CCNCC1.COc1cc(Cl)ccc1[N+](=O)[O-].COc1cc(N2CCN(C(C)=O)CC2)ccc1N.COc1cc(N2CCN(C(C)C)CC2)ccc1N.COc1cc(N2CCN(C)CC2)ccc1N.COc1cc(N2CCN(C)CC2)ccc1[N+](=O)[O-].COc1cc(N2CCNCC2)ccc1[N+](=O)[O-].IC(I)I. The van der Waals surface area contributed by atoms with Gasteiger partial charge in [0.15, 0.2) is 17.2 Å². The van der Waals surface area contributed by atoms with E-state index in [1.165, 1.54) is 108 Å². The number of nitrogens with zero attached hydrogens (tertiary/aromatic N) is 13. The number of rotatable bonds is 17. The zero-order valence-electron chi connectivity index (χ0n) is 81.1. The Balaban J connectivity index is 0.000000497. The molecule has 35 heteroatoms. The standard InChI is InChI=1S/C14H23N3O.C13H19N3O2.C12H17N3O3.C12H19N3O.C11H15N3O3.C8H16.C8H18.C7H6ClNO3.C5H12N2.C3H8.CHI3.CH4/c1-11(2)16-6-8-17(9-7-16)12-4-5-13(15)14(10-12)18-3;1-10(17)15-5-7-16(8-6-15)11-3-4-12(14)13(9-11)18-2;1-13-5-7-14(8-6-13)10-3-4-11(15(16)17)12(9-10)18-2;1-14-5-7-15(8-6-14)10-3-4-11(13)12(9-10)16-2;1-17-11-8-9(2-3-10(11)14(15)16)13-6-4-12-5-7-13;1-8(2,3)6-7-4-5-7;1-7(2)6-8(3,4)5;1-12-7-4-5(8)2-3-6(7)9(10)11;1-7-4-2-6-3-5-7;1-3-2;2-1(3)4;/h4-5,10-11H,6-9,15H2,1-3H3;3-4,9H,5-8,14H2,1-2H3;3-4,9H,5-8H2,1-2H3;3-4,9H,5-8,13H2,1-2H3;2-3,8,12H,4-7H2,1H3;7H,4-6H2,1-3H3;7H,6H2,1-5H3;2-4H,1H3;6H,2-5H2,1H3;3H2,1-2H3;1H;1H4. The molecular weight excluding hydrogens is 2020 g/mol. The lowest BCUT2D eigenvalue weighted by Crippen LogP contribution is -2.48. The highest BCUT2D eigenvalue weighted by atomic mass is 127. The first-order valence-electron chi connectivity index (χ1n) is 44.5. The number of likely N-dealkylation sites (N-methyl/N-ethyl adjacent to an activating group) is 3. The smallest absolute Gasteiger partial charge is 0.311 e. The molecule has 31 nitrogen and oxygen atoms in total. The van der Waals surface area contributed by atoms with Crippen molar-refractivity contribution >= 4 is 148 Å². The average molecular weight is 2180 g/mol. The summed E-state index contributed by atoms with van der Waals surface area (Å²) >= 11 is 12.5. The van der Waals surface area contributed by atoms with Crippen LogP contribution in [0.15, 0.2) is 109 Å². The third-order valence-electron chi connectivity index (χ3n) is 21.4. The molecule has 6 aromatic rings. The number of hydrogen-bond donors (Lipinski definition) is 5. The maximum Gasteiger partial charge on any atom is 0.311 e. The van der Waals surface area contributed by atoms with E-state index in [-0.39, 0.29) is 36.1 Å². The molecular formula is C95H158ClI3N18O13. The van der Waals surface area contributed by atoms with Crippen LogP contribution in [0.1, 0.15) is 130 Å². The van der Waals surface area contributed by atoms with Gasteiger partial charge in [0.2, 0.25) is 5.91 Å². The summed E-state index contributed by atoms with van der Waals surface area (Å²) in [7, 11) is 15.6. The van der Waals surface area contributed by atoms with E-state index in [1.807, 2.05) is 47.4 Å². The first-order chi connectivity index (χ1) is 60.9. The van der Waals surface area contributed by atoms with Gasteiger partial charge in [0.25, 0.3) is 0 Å². The summed E-state index contributed by atoms with van der Waals surface area (Å²) in [6, 6.07) is 32.6. The molecule has 6 aliphatic heterocycles. The Morgan fingerprint density at radius 3 is 0.954 bits per heavy atom. The lowest BCUT2D eigenvalue weighted by molar-refractivity contribution is -0.385. The number of nitrogen functional groups attached to an aromatic ring is 3. The van der Waals surface area contributed by atoms with E-state index in [0.29, 0.717) is 56.2 Å². The van der Waals surface area contributed by atoms with Crippen molar-refractivity contribution in [2.45, 2.75) is 136 Å². The van der Waals surface area contributed by atoms with Crippen molar-refractivity contribution < 1.29 is 48.0 Å². The van der Waals surface area contributed by atoms with Crippen molar-refractivity contribution in [1.82, 2.24) is 35.1 Å². The van der Waals surface area contributed by atoms with Crippen LogP contribution in [-0.2, 0) is 4.79 Å². The normalized spacial score (nSPS) is 15.8.